The Kier molecular flexibility index (Phi) is 5.60. The lowest BCUT2D eigenvalue weighted by Gasteiger charge is -2.32. The molecule has 0 aliphatic carbocycles. The number of methoxy groups -OCH3 is 1. The van der Waals surface area contributed by atoms with Crippen LogP contribution in [0.1, 0.15) is 42.6 Å². The van der Waals surface area contributed by atoms with E-state index >= 15 is 0 Å². The molecule has 142 valence electrons. The van der Waals surface area contributed by atoms with E-state index in [2.05, 4.69) is 38.5 Å². The van der Waals surface area contributed by atoms with E-state index in [1.807, 2.05) is 29.1 Å². The lowest BCUT2D eigenvalue weighted by Crippen LogP contribution is -2.33. The summed E-state index contributed by atoms with van der Waals surface area (Å²) in [5.74, 6) is 1.44. The third-order valence-corrected chi connectivity index (χ3v) is 4.95. The number of ether oxygens (including phenoxy) is 1. The van der Waals surface area contributed by atoms with Gasteiger partial charge in [0.25, 0.3) is 0 Å². The van der Waals surface area contributed by atoms with Crippen LogP contribution in [0.4, 0.5) is 0 Å². The van der Waals surface area contributed by atoms with Crippen molar-refractivity contribution in [1.29, 1.82) is 0 Å². The molecule has 3 heterocycles. The topological polar surface area (TPSA) is 69.2 Å². The third-order valence-electron chi connectivity index (χ3n) is 4.95. The first-order valence-electron chi connectivity index (χ1n) is 9.48. The second-order valence-corrected chi connectivity index (χ2v) is 6.90. The molecule has 0 radical (unpaired) electrons. The Balaban J connectivity index is 1.47. The highest BCUT2D eigenvalue weighted by Gasteiger charge is 2.29. The lowest BCUT2D eigenvalue weighted by atomic mass is 10.0. The van der Waals surface area contributed by atoms with Gasteiger partial charge in [-0.2, -0.15) is 10.1 Å². The van der Waals surface area contributed by atoms with Crippen molar-refractivity contribution in [2.45, 2.75) is 38.3 Å². The van der Waals surface area contributed by atoms with Crippen LogP contribution >= 0.6 is 0 Å². The molecule has 0 spiro atoms. The van der Waals surface area contributed by atoms with Gasteiger partial charge in [0.1, 0.15) is 0 Å². The largest absolute Gasteiger partial charge is 0.384 e. The lowest BCUT2D eigenvalue weighted by molar-refractivity contribution is 0.111. The molecular weight excluding hydrogens is 342 g/mol. The minimum absolute atomic E-state index is 0.169. The number of likely N-dealkylation sites (tertiary alicyclic amines) is 1. The maximum absolute atomic E-state index is 5.56. The molecule has 1 aliphatic rings. The summed E-state index contributed by atoms with van der Waals surface area (Å²) in [5, 5.41) is 8.62. The number of nitrogens with zero attached hydrogens (tertiary/aromatic N) is 5. The normalized spacial score (nSPS) is 18.0. The average molecular weight is 367 g/mol. The van der Waals surface area contributed by atoms with E-state index in [1.165, 1.54) is 18.4 Å². The van der Waals surface area contributed by atoms with Gasteiger partial charge in [0.15, 0.2) is 5.82 Å². The summed E-state index contributed by atoms with van der Waals surface area (Å²) in [5.41, 5.74) is 2.25. The second-order valence-electron chi connectivity index (χ2n) is 6.90. The predicted molar refractivity (Wildman–Crippen MR) is 100 cm³/mol. The molecule has 0 unspecified atom stereocenters. The maximum atomic E-state index is 5.56. The first-order chi connectivity index (χ1) is 13.3. The minimum Gasteiger partial charge on any atom is -0.384 e. The van der Waals surface area contributed by atoms with Crippen LogP contribution in [-0.2, 0) is 17.7 Å². The van der Waals surface area contributed by atoms with Gasteiger partial charge < -0.3 is 9.26 Å². The van der Waals surface area contributed by atoms with Crippen LogP contribution in [0.2, 0.25) is 0 Å². The van der Waals surface area contributed by atoms with Gasteiger partial charge in [-0.3, -0.25) is 4.90 Å². The molecule has 7 heteroatoms. The van der Waals surface area contributed by atoms with E-state index in [0.717, 1.165) is 31.1 Å². The van der Waals surface area contributed by atoms with E-state index < -0.39 is 0 Å². The van der Waals surface area contributed by atoms with Crippen molar-refractivity contribution < 1.29 is 9.26 Å². The molecule has 0 saturated carbocycles. The fraction of sp³-hybridized carbons (Fsp3) is 0.450. The smallest absolute Gasteiger partial charge is 0.244 e. The Morgan fingerprint density at radius 3 is 2.96 bits per heavy atom. The van der Waals surface area contributed by atoms with Gasteiger partial charge in [0.2, 0.25) is 5.89 Å². The van der Waals surface area contributed by atoms with Crippen molar-refractivity contribution >= 4 is 0 Å². The quantitative estimate of drug-likeness (QED) is 0.639. The Hall–Kier alpha value is -2.51. The van der Waals surface area contributed by atoms with Crippen molar-refractivity contribution in [3.8, 4) is 5.69 Å². The van der Waals surface area contributed by atoms with Gasteiger partial charge in [-0.15, -0.1) is 0 Å². The van der Waals surface area contributed by atoms with Crippen LogP contribution in [0.25, 0.3) is 5.69 Å². The van der Waals surface area contributed by atoms with Crippen LogP contribution in [0.3, 0.4) is 0 Å². The summed E-state index contributed by atoms with van der Waals surface area (Å²) in [6.45, 7) is 2.45. The maximum Gasteiger partial charge on any atom is 0.244 e. The van der Waals surface area contributed by atoms with Crippen molar-refractivity contribution in [3.63, 3.8) is 0 Å². The van der Waals surface area contributed by atoms with Gasteiger partial charge in [-0.25, -0.2) is 4.68 Å². The summed E-state index contributed by atoms with van der Waals surface area (Å²) < 4.78 is 12.6. The molecule has 3 aromatic rings. The van der Waals surface area contributed by atoms with E-state index in [1.54, 1.807) is 7.11 Å². The Morgan fingerprint density at radius 2 is 2.11 bits per heavy atom. The van der Waals surface area contributed by atoms with Crippen molar-refractivity contribution in [3.05, 3.63) is 60.0 Å². The van der Waals surface area contributed by atoms with Gasteiger partial charge >= 0.3 is 0 Å². The summed E-state index contributed by atoms with van der Waals surface area (Å²) in [4.78, 5) is 7.02. The summed E-state index contributed by atoms with van der Waals surface area (Å²) in [6.07, 6.45) is 8.12. The molecule has 1 fully saturated rings. The van der Waals surface area contributed by atoms with Gasteiger partial charge in [-0.05, 0) is 31.5 Å². The standard InChI is InChI=1S/C20H25N5O2/c1-26-12-10-19-22-20(27-23-19)18-9-5-6-11-24(18)14-16-13-21-25(15-16)17-7-3-2-4-8-17/h2-4,7-8,13,15,18H,5-6,9-12,14H2,1H3/t18-/m1/s1. The first kappa shape index (κ1) is 17.9. The molecule has 7 nitrogen and oxygen atoms in total. The number of benzene rings is 1. The SMILES string of the molecule is COCCc1noc([C@H]2CCCCN2Cc2cnn(-c3ccccc3)c2)n1. The minimum atomic E-state index is 0.169. The Morgan fingerprint density at radius 1 is 1.22 bits per heavy atom. The third kappa shape index (κ3) is 4.26. The highest BCUT2D eigenvalue weighted by molar-refractivity contribution is 5.30. The van der Waals surface area contributed by atoms with Crippen LogP contribution in [-0.4, -0.2) is 45.1 Å². The highest BCUT2D eigenvalue weighted by Crippen LogP contribution is 2.31. The average Bonchev–Trinajstić information content (AvgIpc) is 3.37. The fourth-order valence-electron chi connectivity index (χ4n) is 3.56. The van der Waals surface area contributed by atoms with Gasteiger partial charge in [0.05, 0.1) is 24.5 Å². The van der Waals surface area contributed by atoms with Crippen molar-refractivity contribution in [1.82, 2.24) is 24.8 Å². The van der Waals surface area contributed by atoms with Crippen LogP contribution in [0.5, 0.6) is 0 Å². The van der Waals surface area contributed by atoms with Gasteiger partial charge in [0, 0.05) is 31.8 Å². The molecule has 0 bridgehead atoms. The van der Waals surface area contributed by atoms with Crippen molar-refractivity contribution in [2.24, 2.45) is 0 Å². The van der Waals surface area contributed by atoms with Crippen LogP contribution in [0.15, 0.2) is 47.2 Å². The van der Waals surface area contributed by atoms with Crippen molar-refractivity contribution in [2.75, 3.05) is 20.3 Å². The monoisotopic (exact) mass is 367 g/mol. The van der Waals surface area contributed by atoms with Crippen LogP contribution in [0, 0.1) is 0 Å². The van der Waals surface area contributed by atoms with E-state index in [9.17, 15) is 0 Å². The molecule has 1 aromatic carbocycles. The summed E-state index contributed by atoms with van der Waals surface area (Å²) in [6, 6.07) is 10.3. The molecule has 0 N–H and O–H groups in total. The number of rotatable bonds is 7. The molecule has 1 aliphatic heterocycles. The predicted octanol–water partition coefficient (Wildman–Crippen LogP) is 3.17. The zero-order chi connectivity index (χ0) is 18.5. The van der Waals surface area contributed by atoms with Gasteiger partial charge in [-0.1, -0.05) is 29.8 Å². The fourth-order valence-corrected chi connectivity index (χ4v) is 3.56. The zero-order valence-corrected chi connectivity index (χ0v) is 15.6. The molecular formula is C20H25N5O2. The number of piperidine rings is 1. The Bertz CT molecular complexity index is 845. The zero-order valence-electron chi connectivity index (χ0n) is 15.6. The molecule has 27 heavy (non-hydrogen) atoms. The van der Waals surface area contributed by atoms with E-state index in [4.69, 9.17) is 9.26 Å². The summed E-state index contributed by atoms with van der Waals surface area (Å²) >= 11 is 0. The van der Waals surface area contributed by atoms with Crippen LogP contribution < -0.4 is 0 Å². The molecule has 1 saturated heterocycles. The second kappa shape index (κ2) is 8.45. The number of hydrogen-bond donors (Lipinski definition) is 0. The highest BCUT2D eigenvalue weighted by atomic mass is 16.5. The number of aromatic nitrogens is 4. The first-order valence-corrected chi connectivity index (χ1v) is 9.48. The number of hydrogen-bond acceptors (Lipinski definition) is 6. The molecule has 2 aromatic heterocycles. The molecule has 4 rings (SSSR count). The molecule has 0 amide bonds. The summed E-state index contributed by atoms with van der Waals surface area (Å²) in [7, 11) is 1.68. The van der Waals surface area contributed by atoms with E-state index in [-0.39, 0.29) is 6.04 Å². The Labute approximate surface area is 158 Å². The number of para-hydroxylation sites is 1. The van der Waals surface area contributed by atoms with E-state index in [0.29, 0.717) is 18.9 Å². The molecule has 1 atom stereocenters.